The number of esters is 1. The maximum Gasteiger partial charge on any atom is 0.338 e. The lowest BCUT2D eigenvalue weighted by Gasteiger charge is -2.15. The summed E-state index contributed by atoms with van der Waals surface area (Å²) >= 11 is 11.4. The molecule has 1 aliphatic rings. The SMILES string of the molecule is COC(=O)c1cc(Cl)c(NC(=S)NC(=O)CCCCCN2C(=O)c3ccccc3C2=O)c(OC)c1. The summed E-state index contributed by atoms with van der Waals surface area (Å²) < 4.78 is 9.94. The highest BCUT2D eigenvalue weighted by Crippen LogP contribution is 2.34. The highest BCUT2D eigenvalue weighted by atomic mass is 35.5. The number of carbonyl (C=O) groups is 4. The molecule has 3 rings (SSSR count). The molecule has 2 aromatic rings. The summed E-state index contributed by atoms with van der Waals surface area (Å²) in [4.78, 5) is 50.0. The molecular weight excluding hydrogens is 494 g/mol. The van der Waals surface area contributed by atoms with Crippen molar-refractivity contribution in [3.63, 3.8) is 0 Å². The van der Waals surface area contributed by atoms with Crippen molar-refractivity contribution in [2.45, 2.75) is 25.7 Å². The Bertz CT molecular complexity index is 1150. The smallest absolute Gasteiger partial charge is 0.338 e. The number of hydrogen-bond donors (Lipinski definition) is 2. The molecule has 9 nitrogen and oxygen atoms in total. The molecule has 1 aliphatic heterocycles. The second-order valence-corrected chi connectivity index (χ2v) is 8.46. The predicted octanol–water partition coefficient (Wildman–Crippen LogP) is 3.80. The fraction of sp³-hybridized carbons (Fsp3) is 0.292. The molecule has 2 aromatic carbocycles. The van der Waals surface area contributed by atoms with E-state index in [0.717, 1.165) is 0 Å². The highest BCUT2D eigenvalue weighted by molar-refractivity contribution is 7.80. The van der Waals surface area contributed by atoms with E-state index in [-0.39, 0.29) is 45.6 Å². The molecule has 1 heterocycles. The number of unbranched alkanes of at least 4 members (excludes halogenated alkanes) is 2. The first-order valence-corrected chi connectivity index (χ1v) is 11.6. The van der Waals surface area contributed by atoms with Crippen LogP contribution in [-0.4, -0.2) is 54.5 Å². The third kappa shape index (κ3) is 6.14. The van der Waals surface area contributed by atoms with Gasteiger partial charge in [0.1, 0.15) is 11.4 Å². The molecule has 0 saturated carbocycles. The lowest BCUT2D eigenvalue weighted by molar-refractivity contribution is -0.119. The molecule has 0 radical (unpaired) electrons. The molecule has 0 unspecified atom stereocenters. The Hall–Kier alpha value is -3.50. The number of anilines is 1. The van der Waals surface area contributed by atoms with Gasteiger partial charge in [-0.25, -0.2) is 4.79 Å². The topological polar surface area (TPSA) is 114 Å². The van der Waals surface area contributed by atoms with Gasteiger partial charge in [-0.15, -0.1) is 0 Å². The van der Waals surface area contributed by atoms with Gasteiger partial charge in [0.25, 0.3) is 11.8 Å². The molecule has 0 aromatic heterocycles. The molecule has 35 heavy (non-hydrogen) atoms. The summed E-state index contributed by atoms with van der Waals surface area (Å²) in [6.45, 7) is 0.299. The summed E-state index contributed by atoms with van der Waals surface area (Å²) in [5.74, 6) is -1.19. The lowest BCUT2D eigenvalue weighted by Crippen LogP contribution is -2.34. The second kappa shape index (κ2) is 11.8. The van der Waals surface area contributed by atoms with E-state index in [9.17, 15) is 19.2 Å². The number of rotatable bonds is 9. The molecule has 184 valence electrons. The predicted molar refractivity (Wildman–Crippen MR) is 134 cm³/mol. The van der Waals surface area contributed by atoms with Crippen molar-refractivity contribution >= 4 is 58.3 Å². The van der Waals surface area contributed by atoms with E-state index in [1.807, 2.05) is 0 Å². The van der Waals surface area contributed by atoms with Crippen LogP contribution in [0.2, 0.25) is 5.02 Å². The summed E-state index contributed by atoms with van der Waals surface area (Å²) in [5, 5.41) is 5.56. The van der Waals surface area contributed by atoms with Crippen molar-refractivity contribution in [2.24, 2.45) is 0 Å². The number of nitrogens with zero attached hydrogens (tertiary/aromatic N) is 1. The van der Waals surface area contributed by atoms with Gasteiger partial charge >= 0.3 is 5.97 Å². The van der Waals surface area contributed by atoms with Gasteiger partial charge in [-0.2, -0.15) is 0 Å². The summed E-state index contributed by atoms with van der Waals surface area (Å²) in [6, 6.07) is 9.59. The van der Waals surface area contributed by atoms with Crippen LogP contribution in [0, 0.1) is 0 Å². The lowest BCUT2D eigenvalue weighted by atomic mass is 10.1. The first-order valence-electron chi connectivity index (χ1n) is 10.8. The Balaban J connectivity index is 1.43. The third-order valence-corrected chi connectivity index (χ3v) is 5.85. The number of imide groups is 1. The Kier molecular flexibility index (Phi) is 8.78. The van der Waals surface area contributed by atoms with Crippen LogP contribution in [0.3, 0.4) is 0 Å². The first-order chi connectivity index (χ1) is 16.8. The minimum atomic E-state index is -0.573. The average Bonchev–Trinajstić information content (AvgIpc) is 3.09. The fourth-order valence-electron chi connectivity index (χ4n) is 3.61. The van der Waals surface area contributed by atoms with E-state index < -0.39 is 5.97 Å². The van der Waals surface area contributed by atoms with E-state index in [1.54, 1.807) is 24.3 Å². The largest absolute Gasteiger partial charge is 0.494 e. The molecule has 0 fully saturated rings. The molecule has 0 saturated heterocycles. The Morgan fingerprint density at radius 1 is 1.03 bits per heavy atom. The maximum atomic E-state index is 12.4. The Morgan fingerprint density at radius 2 is 1.69 bits per heavy atom. The minimum absolute atomic E-state index is 0.0204. The number of amides is 3. The van der Waals surface area contributed by atoms with Crippen molar-refractivity contribution in [3.8, 4) is 5.75 Å². The van der Waals surface area contributed by atoms with Crippen molar-refractivity contribution < 1.29 is 28.7 Å². The minimum Gasteiger partial charge on any atom is -0.494 e. The number of carbonyl (C=O) groups excluding carboxylic acids is 4. The van der Waals surface area contributed by atoms with Crippen LogP contribution in [0.15, 0.2) is 36.4 Å². The first kappa shape index (κ1) is 26.1. The normalized spacial score (nSPS) is 12.3. The van der Waals surface area contributed by atoms with Gasteiger partial charge < -0.3 is 20.1 Å². The van der Waals surface area contributed by atoms with Gasteiger partial charge in [0, 0.05) is 13.0 Å². The van der Waals surface area contributed by atoms with Crippen LogP contribution < -0.4 is 15.4 Å². The maximum absolute atomic E-state index is 12.4. The molecule has 11 heteroatoms. The molecule has 2 N–H and O–H groups in total. The number of ether oxygens (including phenoxy) is 2. The van der Waals surface area contributed by atoms with Crippen LogP contribution in [-0.2, 0) is 9.53 Å². The van der Waals surface area contributed by atoms with Crippen molar-refractivity contribution in [1.82, 2.24) is 10.2 Å². The van der Waals surface area contributed by atoms with E-state index in [2.05, 4.69) is 15.4 Å². The zero-order valence-electron chi connectivity index (χ0n) is 19.2. The fourth-order valence-corrected chi connectivity index (χ4v) is 4.08. The van der Waals surface area contributed by atoms with Crippen LogP contribution in [0.1, 0.15) is 56.8 Å². The zero-order chi connectivity index (χ0) is 25.5. The standard InChI is InChI=1S/C24H24ClN3O6S/c1-33-18-13-14(23(32)34-2)12-17(25)20(18)27-24(35)26-19(29)10-4-3-7-11-28-21(30)15-8-5-6-9-16(15)22(28)31/h5-6,8-9,12-13H,3-4,7,10-11H2,1-2H3,(H2,26,27,29,35). The third-order valence-electron chi connectivity index (χ3n) is 5.35. The van der Waals surface area contributed by atoms with Gasteiger partial charge in [0.05, 0.1) is 35.9 Å². The van der Waals surface area contributed by atoms with Crippen LogP contribution in [0.5, 0.6) is 5.75 Å². The number of thiocarbonyl (C=S) groups is 1. The molecule has 0 aliphatic carbocycles. The monoisotopic (exact) mass is 517 g/mol. The molecule has 0 spiro atoms. The summed E-state index contributed by atoms with van der Waals surface area (Å²) in [6.07, 6.45) is 1.99. The van der Waals surface area contributed by atoms with E-state index in [0.29, 0.717) is 42.6 Å². The zero-order valence-corrected chi connectivity index (χ0v) is 20.8. The van der Waals surface area contributed by atoms with E-state index >= 15 is 0 Å². The average molecular weight is 518 g/mol. The number of nitrogens with one attached hydrogen (secondary N) is 2. The van der Waals surface area contributed by atoms with Crippen molar-refractivity contribution in [3.05, 3.63) is 58.1 Å². The number of fused-ring (bicyclic) bond motifs is 1. The van der Waals surface area contributed by atoms with Gasteiger partial charge in [-0.1, -0.05) is 30.2 Å². The van der Waals surface area contributed by atoms with Crippen LogP contribution >= 0.6 is 23.8 Å². The van der Waals surface area contributed by atoms with E-state index in [1.165, 1.54) is 31.3 Å². The van der Waals surface area contributed by atoms with Crippen molar-refractivity contribution in [1.29, 1.82) is 0 Å². The number of halogens is 1. The van der Waals surface area contributed by atoms with Gasteiger partial charge in [0.2, 0.25) is 5.91 Å². The van der Waals surface area contributed by atoms with Crippen molar-refractivity contribution in [2.75, 3.05) is 26.1 Å². The second-order valence-electron chi connectivity index (χ2n) is 7.65. The summed E-state index contributed by atoms with van der Waals surface area (Å²) in [7, 11) is 2.66. The van der Waals surface area contributed by atoms with Gasteiger partial charge in [0.15, 0.2) is 5.11 Å². The quantitative estimate of drug-likeness (QED) is 0.223. The number of benzene rings is 2. The summed E-state index contributed by atoms with van der Waals surface area (Å²) in [5.41, 5.74) is 1.35. The number of hydrogen-bond acceptors (Lipinski definition) is 7. The molecule has 0 atom stereocenters. The van der Waals surface area contributed by atoms with Crippen LogP contribution in [0.25, 0.3) is 0 Å². The molecule has 0 bridgehead atoms. The molecular formula is C24H24ClN3O6S. The Labute approximate surface area is 212 Å². The Morgan fingerprint density at radius 3 is 2.29 bits per heavy atom. The van der Waals surface area contributed by atoms with Gasteiger partial charge in [-0.3, -0.25) is 19.3 Å². The van der Waals surface area contributed by atoms with Gasteiger partial charge in [-0.05, 0) is 49.3 Å². The molecule has 3 amide bonds. The number of methoxy groups -OCH3 is 2. The van der Waals surface area contributed by atoms with E-state index in [4.69, 9.17) is 28.6 Å². The van der Waals surface area contributed by atoms with Crippen LogP contribution in [0.4, 0.5) is 5.69 Å². The highest BCUT2D eigenvalue weighted by Gasteiger charge is 2.34.